The van der Waals surface area contributed by atoms with E-state index in [2.05, 4.69) is 6.92 Å². The van der Waals surface area contributed by atoms with Gasteiger partial charge in [0.1, 0.15) is 0 Å². The van der Waals surface area contributed by atoms with Gasteiger partial charge in [-0.25, -0.2) is 0 Å². The number of nitrogens with zero attached hydrogens (tertiary/aromatic N) is 2. The van der Waals surface area contributed by atoms with Crippen LogP contribution in [0.2, 0.25) is 5.02 Å². The van der Waals surface area contributed by atoms with Crippen LogP contribution in [-0.4, -0.2) is 9.49 Å². The smallest absolute Gasteiger partial charge is 0.274 e. The SMILES string of the molecule is CCc1ccn(Cc2cc(Cl)ccc2[N+](=O)[O-])c1. The van der Waals surface area contributed by atoms with Gasteiger partial charge in [-0.2, -0.15) is 0 Å². The number of benzene rings is 1. The Morgan fingerprint density at radius 3 is 2.78 bits per heavy atom. The molecule has 4 nitrogen and oxygen atoms in total. The Hall–Kier alpha value is -1.81. The number of halogens is 1. The molecule has 1 aromatic heterocycles. The number of aryl methyl sites for hydroxylation is 1. The van der Waals surface area contributed by atoms with E-state index in [0.717, 1.165) is 6.42 Å². The molecule has 0 amide bonds. The molecule has 1 aromatic carbocycles. The summed E-state index contributed by atoms with van der Waals surface area (Å²) in [6, 6.07) is 6.64. The normalized spacial score (nSPS) is 10.6. The summed E-state index contributed by atoms with van der Waals surface area (Å²) in [7, 11) is 0. The van der Waals surface area contributed by atoms with Crippen molar-refractivity contribution in [1.29, 1.82) is 0 Å². The van der Waals surface area contributed by atoms with Crippen molar-refractivity contribution >= 4 is 17.3 Å². The van der Waals surface area contributed by atoms with Crippen LogP contribution in [0.5, 0.6) is 0 Å². The van der Waals surface area contributed by atoms with Crippen LogP contribution in [0.3, 0.4) is 0 Å². The fourth-order valence-corrected chi connectivity index (χ4v) is 2.05. The molecular formula is C13H13ClN2O2. The molecule has 0 aliphatic rings. The maximum atomic E-state index is 10.9. The number of aromatic nitrogens is 1. The highest BCUT2D eigenvalue weighted by atomic mass is 35.5. The molecule has 94 valence electrons. The van der Waals surface area contributed by atoms with Crippen LogP contribution >= 0.6 is 11.6 Å². The van der Waals surface area contributed by atoms with Crippen LogP contribution in [0.25, 0.3) is 0 Å². The summed E-state index contributed by atoms with van der Waals surface area (Å²) in [5.74, 6) is 0. The topological polar surface area (TPSA) is 48.1 Å². The maximum absolute atomic E-state index is 10.9. The first kappa shape index (κ1) is 12.6. The molecular weight excluding hydrogens is 252 g/mol. The predicted octanol–water partition coefficient (Wildman–Crippen LogP) is 3.66. The summed E-state index contributed by atoms with van der Waals surface area (Å²) in [4.78, 5) is 10.6. The lowest BCUT2D eigenvalue weighted by molar-refractivity contribution is -0.385. The van der Waals surface area contributed by atoms with E-state index in [0.29, 0.717) is 17.1 Å². The van der Waals surface area contributed by atoms with Gasteiger partial charge in [-0.1, -0.05) is 18.5 Å². The molecule has 1 heterocycles. The fraction of sp³-hybridized carbons (Fsp3) is 0.231. The van der Waals surface area contributed by atoms with E-state index in [9.17, 15) is 10.1 Å². The van der Waals surface area contributed by atoms with Gasteiger partial charge in [0.25, 0.3) is 5.69 Å². The van der Waals surface area contributed by atoms with E-state index in [4.69, 9.17) is 11.6 Å². The van der Waals surface area contributed by atoms with E-state index in [1.54, 1.807) is 6.07 Å². The summed E-state index contributed by atoms with van der Waals surface area (Å²) >= 11 is 5.89. The minimum atomic E-state index is -0.379. The third-order valence-corrected chi connectivity index (χ3v) is 3.05. The second-order valence-electron chi connectivity index (χ2n) is 4.08. The predicted molar refractivity (Wildman–Crippen MR) is 71.0 cm³/mol. The fourth-order valence-electron chi connectivity index (χ4n) is 1.85. The number of nitro benzene ring substituents is 1. The Balaban J connectivity index is 2.32. The summed E-state index contributed by atoms with van der Waals surface area (Å²) in [6.07, 6.45) is 4.86. The third kappa shape index (κ3) is 2.71. The molecule has 2 aromatic rings. The zero-order chi connectivity index (χ0) is 13.1. The summed E-state index contributed by atoms with van der Waals surface area (Å²) in [5, 5.41) is 11.5. The van der Waals surface area contributed by atoms with E-state index >= 15 is 0 Å². The zero-order valence-electron chi connectivity index (χ0n) is 9.97. The van der Waals surface area contributed by atoms with Gasteiger partial charge < -0.3 is 4.57 Å². The average Bonchev–Trinajstić information content (AvgIpc) is 2.76. The zero-order valence-corrected chi connectivity index (χ0v) is 10.7. The summed E-state index contributed by atoms with van der Waals surface area (Å²) in [6.45, 7) is 2.53. The van der Waals surface area contributed by atoms with Crippen molar-refractivity contribution in [3.8, 4) is 0 Å². The Bertz CT molecular complexity index is 578. The van der Waals surface area contributed by atoms with Crippen molar-refractivity contribution in [2.24, 2.45) is 0 Å². The second-order valence-corrected chi connectivity index (χ2v) is 4.51. The lowest BCUT2D eigenvalue weighted by Gasteiger charge is -2.05. The van der Waals surface area contributed by atoms with Gasteiger partial charge in [-0.05, 0) is 30.2 Å². The Kier molecular flexibility index (Phi) is 3.67. The molecule has 0 radical (unpaired) electrons. The molecule has 0 unspecified atom stereocenters. The molecule has 0 spiro atoms. The largest absolute Gasteiger partial charge is 0.349 e. The van der Waals surface area contributed by atoms with E-state index in [1.165, 1.54) is 17.7 Å². The van der Waals surface area contributed by atoms with Crippen molar-refractivity contribution in [3.05, 3.63) is 62.9 Å². The highest BCUT2D eigenvalue weighted by Gasteiger charge is 2.14. The highest BCUT2D eigenvalue weighted by Crippen LogP contribution is 2.23. The minimum Gasteiger partial charge on any atom is -0.349 e. The van der Waals surface area contributed by atoms with Gasteiger partial charge in [0.05, 0.1) is 17.0 Å². The first-order chi connectivity index (χ1) is 8.60. The lowest BCUT2D eigenvalue weighted by atomic mass is 10.2. The van der Waals surface area contributed by atoms with E-state index < -0.39 is 0 Å². The summed E-state index contributed by atoms with van der Waals surface area (Å²) < 4.78 is 1.93. The van der Waals surface area contributed by atoms with Crippen LogP contribution < -0.4 is 0 Å². The molecule has 0 saturated heterocycles. The molecule has 18 heavy (non-hydrogen) atoms. The van der Waals surface area contributed by atoms with Crippen molar-refractivity contribution in [3.63, 3.8) is 0 Å². The Labute approximate surface area is 110 Å². The van der Waals surface area contributed by atoms with Crippen LogP contribution in [-0.2, 0) is 13.0 Å². The van der Waals surface area contributed by atoms with Crippen LogP contribution in [0.1, 0.15) is 18.1 Å². The molecule has 0 N–H and O–H groups in total. The Morgan fingerprint density at radius 2 is 2.17 bits per heavy atom. The molecule has 5 heteroatoms. The molecule has 0 fully saturated rings. The standard InChI is InChI=1S/C13H13ClN2O2/c1-2-10-5-6-15(8-10)9-11-7-12(14)3-4-13(11)16(17)18/h3-8H,2,9H2,1H3. The van der Waals surface area contributed by atoms with Gasteiger partial charge in [-0.3, -0.25) is 10.1 Å². The summed E-state index contributed by atoms with van der Waals surface area (Å²) in [5.41, 5.74) is 1.93. The lowest BCUT2D eigenvalue weighted by Crippen LogP contribution is -2.01. The molecule has 0 aliphatic carbocycles. The number of hydrogen-bond donors (Lipinski definition) is 0. The van der Waals surface area contributed by atoms with Crippen LogP contribution in [0, 0.1) is 10.1 Å². The van der Waals surface area contributed by atoms with Crippen molar-refractivity contribution in [2.45, 2.75) is 19.9 Å². The van der Waals surface area contributed by atoms with Gasteiger partial charge >= 0.3 is 0 Å². The highest BCUT2D eigenvalue weighted by molar-refractivity contribution is 6.30. The van der Waals surface area contributed by atoms with Gasteiger partial charge in [0.15, 0.2) is 0 Å². The monoisotopic (exact) mass is 264 g/mol. The third-order valence-electron chi connectivity index (χ3n) is 2.81. The van der Waals surface area contributed by atoms with Gasteiger partial charge in [0, 0.05) is 23.5 Å². The van der Waals surface area contributed by atoms with Crippen molar-refractivity contribution in [1.82, 2.24) is 4.57 Å². The second kappa shape index (κ2) is 5.23. The average molecular weight is 265 g/mol. The molecule has 0 saturated carbocycles. The number of hydrogen-bond acceptors (Lipinski definition) is 2. The Morgan fingerprint density at radius 1 is 1.39 bits per heavy atom. The van der Waals surface area contributed by atoms with Crippen LogP contribution in [0.15, 0.2) is 36.7 Å². The maximum Gasteiger partial charge on any atom is 0.274 e. The van der Waals surface area contributed by atoms with Gasteiger partial charge in [0.2, 0.25) is 0 Å². The first-order valence-electron chi connectivity index (χ1n) is 5.67. The van der Waals surface area contributed by atoms with Crippen molar-refractivity contribution in [2.75, 3.05) is 0 Å². The van der Waals surface area contributed by atoms with E-state index in [1.807, 2.05) is 23.0 Å². The molecule has 0 aliphatic heterocycles. The number of nitro groups is 1. The quantitative estimate of drug-likeness (QED) is 0.625. The van der Waals surface area contributed by atoms with Gasteiger partial charge in [-0.15, -0.1) is 0 Å². The van der Waals surface area contributed by atoms with E-state index in [-0.39, 0.29) is 10.6 Å². The van der Waals surface area contributed by atoms with Crippen LogP contribution in [0.4, 0.5) is 5.69 Å². The number of rotatable bonds is 4. The minimum absolute atomic E-state index is 0.103. The molecule has 0 atom stereocenters. The molecule has 2 rings (SSSR count). The van der Waals surface area contributed by atoms with Crippen molar-refractivity contribution < 1.29 is 4.92 Å². The first-order valence-corrected chi connectivity index (χ1v) is 6.05. The molecule has 0 bridgehead atoms.